The Morgan fingerprint density at radius 2 is 2.04 bits per heavy atom. The number of pyridine rings is 1. The summed E-state index contributed by atoms with van der Waals surface area (Å²) in [4.78, 5) is 29.9. The number of carbonyl (C=O) groups excluding carboxylic acids is 1. The van der Waals surface area contributed by atoms with Crippen LogP contribution in [-0.2, 0) is 11.2 Å². The van der Waals surface area contributed by atoms with E-state index in [4.69, 9.17) is 15.2 Å². The van der Waals surface area contributed by atoms with Crippen molar-refractivity contribution in [1.29, 1.82) is 0 Å². The highest BCUT2D eigenvalue weighted by Gasteiger charge is 2.49. The number of nitrogens with two attached hydrogens (primary N) is 1. The van der Waals surface area contributed by atoms with Crippen LogP contribution in [0.4, 0.5) is 19.0 Å². The average molecular weight is 637 g/mol. The van der Waals surface area contributed by atoms with Gasteiger partial charge in [-0.3, -0.25) is 9.69 Å². The Morgan fingerprint density at radius 3 is 2.80 bits per heavy atom. The van der Waals surface area contributed by atoms with Gasteiger partial charge in [-0.15, -0.1) is 0 Å². The van der Waals surface area contributed by atoms with Crippen molar-refractivity contribution in [1.82, 2.24) is 19.9 Å². The highest BCUT2D eigenvalue weighted by molar-refractivity contribution is 6.03. The molecule has 2 fully saturated rings. The molecule has 0 saturated carbocycles. The van der Waals surface area contributed by atoms with Gasteiger partial charge in [-0.05, 0) is 74.2 Å². The van der Waals surface area contributed by atoms with Crippen LogP contribution >= 0.6 is 0 Å². The van der Waals surface area contributed by atoms with E-state index in [1.165, 1.54) is 24.3 Å². The second kappa shape index (κ2) is 11.1. The number of fused-ring (bicyclic) bond motifs is 2. The molecule has 0 aliphatic carbocycles. The summed E-state index contributed by atoms with van der Waals surface area (Å²) in [6, 6.07) is 4.17. The van der Waals surface area contributed by atoms with Gasteiger partial charge in [0.05, 0.1) is 11.6 Å². The molecule has 0 unspecified atom stereocenters. The number of alkyl halides is 1. The van der Waals surface area contributed by atoms with E-state index < -0.39 is 41.3 Å². The number of aromatic nitrogens is 3. The van der Waals surface area contributed by atoms with Crippen LogP contribution in [0.5, 0.6) is 17.6 Å². The molecule has 1 amide bonds. The summed E-state index contributed by atoms with van der Waals surface area (Å²) in [6.07, 6.45) is 1.30. The second-order valence-electron chi connectivity index (χ2n) is 12.6. The van der Waals surface area contributed by atoms with Gasteiger partial charge in [-0.25, -0.2) is 18.2 Å². The molecular weight excluding hydrogens is 601 g/mol. The van der Waals surface area contributed by atoms with E-state index in [0.717, 1.165) is 19.4 Å². The van der Waals surface area contributed by atoms with E-state index >= 15 is 8.78 Å². The number of benzene rings is 2. The van der Waals surface area contributed by atoms with Crippen LogP contribution in [0.25, 0.3) is 32.9 Å². The first kappa shape index (κ1) is 30.3. The zero-order chi connectivity index (χ0) is 32.5. The van der Waals surface area contributed by atoms with Crippen molar-refractivity contribution >= 4 is 33.4 Å². The first-order chi connectivity index (χ1) is 22.0. The highest BCUT2D eigenvalue weighted by Crippen LogP contribution is 2.45. The minimum Gasteiger partial charge on any atom is -0.508 e. The molecule has 0 bridgehead atoms. The number of ether oxygens (including phenoxy) is 2. The topological polar surface area (TPSA) is 127 Å². The number of carbonyl (C=O) groups is 1. The normalized spacial score (nSPS) is 23.4. The Bertz CT molecular complexity index is 1890. The van der Waals surface area contributed by atoms with Crippen LogP contribution < -0.4 is 20.1 Å². The molecule has 46 heavy (non-hydrogen) atoms. The summed E-state index contributed by atoms with van der Waals surface area (Å²) in [6.45, 7) is 6.45. The molecule has 0 spiro atoms. The second-order valence-corrected chi connectivity index (χ2v) is 12.6. The lowest BCUT2D eigenvalue weighted by Crippen LogP contribution is -2.49. The molecule has 10 nitrogen and oxygen atoms in total. The fraction of sp³-hybridized carbons (Fsp3) is 0.455. The molecular formula is C33H35F3N6O4. The average Bonchev–Trinajstić information content (AvgIpc) is 3.50. The van der Waals surface area contributed by atoms with Crippen molar-refractivity contribution in [2.45, 2.75) is 70.2 Å². The fourth-order valence-electron chi connectivity index (χ4n) is 7.51. The minimum atomic E-state index is -0.973. The third-order valence-electron chi connectivity index (χ3n) is 9.71. The van der Waals surface area contributed by atoms with Gasteiger partial charge in [-0.1, -0.05) is 13.0 Å². The molecule has 5 heterocycles. The summed E-state index contributed by atoms with van der Waals surface area (Å²) < 4.78 is 58.8. The molecule has 13 heteroatoms. The van der Waals surface area contributed by atoms with Crippen LogP contribution in [0, 0.1) is 11.6 Å². The minimum absolute atomic E-state index is 0.00143. The van der Waals surface area contributed by atoms with Crippen molar-refractivity contribution in [2.75, 3.05) is 31.2 Å². The van der Waals surface area contributed by atoms with Crippen molar-refractivity contribution in [2.24, 2.45) is 5.73 Å². The third-order valence-corrected chi connectivity index (χ3v) is 9.71. The van der Waals surface area contributed by atoms with Crippen LogP contribution in [0.15, 0.2) is 24.3 Å². The van der Waals surface area contributed by atoms with Gasteiger partial charge in [0.25, 0.3) is 0 Å². The maximum atomic E-state index is 17.0. The van der Waals surface area contributed by atoms with Gasteiger partial charge in [0.15, 0.2) is 5.82 Å². The maximum Gasteiger partial charge on any atom is 0.319 e. The van der Waals surface area contributed by atoms with Crippen LogP contribution in [-0.4, -0.2) is 81.0 Å². The molecule has 4 atom stereocenters. The molecule has 242 valence electrons. The summed E-state index contributed by atoms with van der Waals surface area (Å²) in [5.74, 6) is -1.97. The van der Waals surface area contributed by atoms with E-state index in [-0.39, 0.29) is 58.8 Å². The number of halogens is 3. The monoisotopic (exact) mass is 636 g/mol. The zero-order valence-corrected chi connectivity index (χ0v) is 25.8. The van der Waals surface area contributed by atoms with Crippen LogP contribution in [0.1, 0.15) is 45.6 Å². The molecule has 2 aromatic heterocycles. The van der Waals surface area contributed by atoms with E-state index in [9.17, 15) is 14.3 Å². The van der Waals surface area contributed by atoms with E-state index in [1.807, 2.05) is 6.92 Å². The van der Waals surface area contributed by atoms with Gasteiger partial charge in [-0.2, -0.15) is 9.97 Å². The number of amides is 1. The van der Waals surface area contributed by atoms with E-state index in [0.29, 0.717) is 35.7 Å². The third kappa shape index (κ3) is 4.74. The van der Waals surface area contributed by atoms with Gasteiger partial charge in [0.2, 0.25) is 11.8 Å². The number of hydrogen-bond acceptors (Lipinski definition) is 9. The number of rotatable bonds is 7. The van der Waals surface area contributed by atoms with E-state index in [1.54, 1.807) is 18.7 Å². The number of aryl methyl sites for hydroxylation is 1. The molecule has 0 radical (unpaired) electrons. The molecule has 3 aliphatic rings. The fourth-order valence-corrected chi connectivity index (χ4v) is 7.51. The Balaban J connectivity index is 1.46. The van der Waals surface area contributed by atoms with Gasteiger partial charge in [0, 0.05) is 18.5 Å². The van der Waals surface area contributed by atoms with Crippen molar-refractivity contribution < 1.29 is 32.5 Å². The number of primary amides is 1. The van der Waals surface area contributed by atoms with Gasteiger partial charge in [0.1, 0.15) is 59.4 Å². The molecule has 2 saturated heterocycles. The Hall–Kier alpha value is -4.39. The smallest absolute Gasteiger partial charge is 0.319 e. The molecule has 7 rings (SSSR count). The largest absolute Gasteiger partial charge is 0.508 e. The standard InChI is InChI=1S/C33H35F3N6O4/c1-4-21-23(35)7-6-18-10-20(43)11-22(24(18)21)27-26(36)28-25-30(42(17(3)29(37)44)16(2)14-45-31(25)38-27)40-32(39-28)46-15-33-8-5-9-41(33)13-19(34)12-33/h6-7,10-11,16-17,19,43H,4-5,8-9,12-15H2,1-3H3,(H2,37,44)/t16-,17-,19+,33-/m0/s1. The number of phenols is 1. The summed E-state index contributed by atoms with van der Waals surface area (Å²) in [5.41, 5.74) is 5.31. The van der Waals surface area contributed by atoms with Crippen molar-refractivity contribution in [3.63, 3.8) is 0 Å². The lowest BCUT2D eigenvalue weighted by Gasteiger charge is -2.33. The molecule has 3 aliphatic heterocycles. The predicted octanol–water partition coefficient (Wildman–Crippen LogP) is 4.81. The number of phenolic OH excluding ortho intramolecular Hbond substituents is 1. The number of nitrogens with zero attached hydrogens (tertiary/aromatic N) is 5. The first-order valence-corrected chi connectivity index (χ1v) is 15.6. The number of aromatic hydroxyl groups is 1. The summed E-state index contributed by atoms with van der Waals surface area (Å²) in [7, 11) is 0. The summed E-state index contributed by atoms with van der Waals surface area (Å²) in [5, 5.41) is 11.6. The van der Waals surface area contributed by atoms with Gasteiger partial charge < -0.3 is 25.2 Å². The quantitative estimate of drug-likeness (QED) is 0.294. The molecule has 2 aromatic carbocycles. The summed E-state index contributed by atoms with van der Waals surface area (Å²) >= 11 is 0. The molecule has 3 N–H and O–H groups in total. The first-order valence-electron chi connectivity index (χ1n) is 15.6. The van der Waals surface area contributed by atoms with Gasteiger partial charge >= 0.3 is 6.01 Å². The lowest BCUT2D eigenvalue weighted by molar-refractivity contribution is -0.119. The van der Waals surface area contributed by atoms with E-state index in [2.05, 4.69) is 19.9 Å². The lowest BCUT2D eigenvalue weighted by atomic mass is 9.94. The Labute approximate surface area is 263 Å². The number of hydrogen-bond donors (Lipinski definition) is 2. The van der Waals surface area contributed by atoms with Crippen molar-refractivity contribution in [3.05, 3.63) is 41.5 Å². The van der Waals surface area contributed by atoms with Crippen molar-refractivity contribution in [3.8, 4) is 28.9 Å². The highest BCUT2D eigenvalue weighted by atomic mass is 19.1. The molecule has 4 aromatic rings. The SMILES string of the molecule is CCc1c(F)ccc2cc(O)cc(-c3nc4c5c(nc(OC[C@@]67CCCN6C[C@H](F)C7)nc5c3F)N([C@@H](C)C(N)=O)[C@@H](C)CO4)c12. The Morgan fingerprint density at radius 1 is 1.24 bits per heavy atom. The number of anilines is 1. The Kier molecular flexibility index (Phi) is 7.33. The van der Waals surface area contributed by atoms with Crippen LogP contribution in [0.2, 0.25) is 0 Å². The predicted molar refractivity (Wildman–Crippen MR) is 166 cm³/mol. The van der Waals surface area contributed by atoms with Crippen LogP contribution in [0.3, 0.4) is 0 Å². The maximum absolute atomic E-state index is 17.0. The zero-order valence-electron chi connectivity index (χ0n) is 25.8.